The van der Waals surface area contributed by atoms with Crippen LogP contribution in [0.15, 0.2) is 59.1 Å². The van der Waals surface area contributed by atoms with Crippen molar-refractivity contribution in [1.29, 1.82) is 0 Å². The summed E-state index contributed by atoms with van der Waals surface area (Å²) < 4.78 is 5.22. The van der Waals surface area contributed by atoms with E-state index in [1.165, 1.54) is 0 Å². The molecule has 5 nitrogen and oxygen atoms in total. The fourth-order valence-electron chi connectivity index (χ4n) is 2.29. The molecule has 24 heavy (non-hydrogen) atoms. The maximum absolute atomic E-state index is 12.4. The Hall–Kier alpha value is -2.63. The number of hydrogen-bond donors (Lipinski definition) is 2. The van der Waals surface area contributed by atoms with Crippen molar-refractivity contribution >= 4 is 23.2 Å². The number of hydrogen-bond acceptors (Lipinski definition) is 4. The second-order valence-electron chi connectivity index (χ2n) is 5.30. The van der Waals surface area contributed by atoms with E-state index in [0.717, 1.165) is 5.56 Å². The first-order valence-corrected chi connectivity index (χ1v) is 7.73. The van der Waals surface area contributed by atoms with E-state index < -0.39 is 12.0 Å². The van der Waals surface area contributed by atoms with Gasteiger partial charge < -0.3 is 14.9 Å². The van der Waals surface area contributed by atoms with E-state index in [1.54, 1.807) is 61.5 Å². The molecule has 0 fully saturated rings. The third kappa shape index (κ3) is 3.48. The highest BCUT2D eigenvalue weighted by Crippen LogP contribution is 2.25. The van der Waals surface area contributed by atoms with Crippen LogP contribution in [0.3, 0.4) is 0 Å². The van der Waals surface area contributed by atoms with Gasteiger partial charge in [0, 0.05) is 27.9 Å². The Morgan fingerprint density at radius 3 is 2.62 bits per heavy atom. The van der Waals surface area contributed by atoms with Crippen LogP contribution in [0.25, 0.3) is 11.3 Å². The summed E-state index contributed by atoms with van der Waals surface area (Å²) in [7, 11) is 0. The lowest BCUT2D eigenvalue weighted by atomic mass is 10.1. The van der Waals surface area contributed by atoms with Crippen molar-refractivity contribution in [2.75, 3.05) is 5.32 Å². The molecule has 1 heterocycles. The van der Waals surface area contributed by atoms with Gasteiger partial charge in [-0.15, -0.1) is 0 Å². The molecular weight excluding hydrogens is 328 g/mol. The average molecular weight is 343 g/mol. The van der Waals surface area contributed by atoms with Gasteiger partial charge in [-0.05, 0) is 37.3 Å². The number of anilines is 1. The third-order valence-corrected chi connectivity index (χ3v) is 3.78. The Balaban J connectivity index is 1.81. The van der Waals surface area contributed by atoms with Crippen LogP contribution in [0, 0.1) is 0 Å². The SMILES string of the molecule is CC(O)c1ccccc1NC(=O)c1cc(-c2ccc(Cl)cc2)on1. The molecule has 6 heteroatoms. The molecule has 122 valence electrons. The molecule has 2 N–H and O–H groups in total. The lowest BCUT2D eigenvalue weighted by molar-refractivity contribution is 0.101. The molecule has 2 aromatic carbocycles. The van der Waals surface area contributed by atoms with Crippen molar-refractivity contribution in [3.05, 3.63) is 70.9 Å². The van der Waals surface area contributed by atoms with Gasteiger partial charge in [0.15, 0.2) is 11.5 Å². The topological polar surface area (TPSA) is 75.4 Å². The fraction of sp³-hybridized carbons (Fsp3) is 0.111. The summed E-state index contributed by atoms with van der Waals surface area (Å²) in [4.78, 5) is 12.4. The zero-order valence-corrected chi connectivity index (χ0v) is 13.6. The van der Waals surface area contributed by atoms with Gasteiger partial charge in [0.05, 0.1) is 6.10 Å². The number of carbonyl (C=O) groups excluding carboxylic acids is 1. The molecule has 0 radical (unpaired) electrons. The molecule has 1 atom stereocenters. The highest BCUT2D eigenvalue weighted by Gasteiger charge is 2.16. The van der Waals surface area contributed by atoms with Gasteiger partial charge in [0.2, 0.25) is 0 Å². The number of halogens is 1. The predicted molar refractivity (Wildman–Crippen MR) is 92.0 cm³/mol. The van der Waals surface area contributed by atoms with E-state index in [2.05, 4.69) is 10.5 Å². The molecule has 0 aliphatic carbocycles. The van der Waals surface area contributed by atoms with Crippen LogP contribution in [-0.2, 0) is 0 Å². The van der Waals surface area contributed by atoms with Gasteiger partial charge in [-0.2, -0.15) is 0 Å². The first-order chi connectivity index (χ1) is 11.5. The lowest BCUT2D eigenvalue weighted by Crippen LogP contribution is -2.14. The Labute approximate surface area is 143 Å². The van der Waals surface area contributed by atoms with Crippen LogP contribution in [0.1, 0.15) is 29.1 Å². The highest BCUT2D eigenvalue weighted by atomic mass is 35.5. The molecule has 0 saturated heterocycles. The number of benzene rings is 2. The number of aliphatic hydroxyl groups excluding tert-OH is 1. The summed E-state index contributed by atoms with van der Waals surface area (Å²) in [5.41, 5.74) is 2.09. The highest BCUT2D eigenvalue weighted by molar-refractivity contribution is 6.30. The largest absolute Gasteiger partial charge is 0.389 e. The number of aromatic nitrogens is 1. The summed E-state index contributed by atoms with van der Waals surface area (Å²) in [6.07, 6.45) is -0.691. The number of aliphatic hydroxyl groups is 1. The summed E-state index contributed by atoms with van der Waals surface area (Å²) >= 11 is 5.85. The van der Waals surface area contributed by atoms with E-state index in [4.69, 9.17) is 16.1 Å². The standard InChI is InChI=1S/C18H15ClN2O3/c1-11(22)14-4-2-3-5-15(14)20-18(23)16-10-17(24-21-16)12-6-8-13(19)9-7-12/h2-11,22H,1H3,(H,20,23). The second-order valence-corrected chi connectivity index (χ2v) is 5.74. The van der Waals surface area contributed by atoms with Crippen molar-refractivity contribution in [2.45, 2.75) is 13.0 Å². The Kier molecular flexibility index (Phi) is 4.64. The van der Waals surface area contributed by atoms with Crippen LogP contribution >= 0.6 is 11.6 Å². The molecule has 3 rings (SSSR count). The third-order valence-electron chi connectivity index (χ3n) is 3.53. The monoisotopic (exact) mass is 342 g/mol. The first kappa shape index (κ1) is 16.2. The number of nitrogens with one attached hydrogen (secondary N) is 1. The zero-order chi connectivity index (χ0) is 17.1. The van der Waals surface area contributed by atoms with Gasteiger partial charge in [-0.3, -0.25) is 4.79 Å². The lowest BCUT2D eigenvalue weighted by Gasteiger charge is -2.11. The number of rotatable bonds is 4. The summed E-state index contributed by atoms with van der Waals surface area (Å²) in [5.74, 6) is 0.0627. The molecule has 0 spiro atoms. The second kappa shape index (κ2) is 6.86. The Morgan fingerprint density at radius 1 is 1.21 bits per heavy atom. The van der Waals surface area contributed by atoms with Gasteiger partial charge in [0.25, 0.3) is 5.91 Å². The maximum Gasteiger partial charge on any atom is 0.277 e. The van der Waals surface area contributed by atoms with Crippen LogP contribution in [0.4, 0.5) is 5.69 Å². The Morgan fingerprint density at radius 2 is 1.92 bits per heavy atom. The van der Waals surface area contributed by atoms with Crippen molar-refractivity contribution in [1.82, 2.24) is 5.16 Å². The normalized spacial score (nSPS) is 12.0. The van der Waals surface area contributed by atoms with Crippen LogP contribution in [-0.4, -0.2) is 16.2 Å². The van der Waals surface area contributed by atoms with Crippen LogP contribution in [0.2, 0.25) is 5.02 Å². The minimum atomic E-state index is -0.691. The summed E-state index contributed by atoms with van der Waals surface area (Å²) in [6, 6.07) is 15.7. The molecule has 0 aliphatic rings. The van der Waals surface area contributed by atoms with E-state index in [0.29, 0.717) is 22.0 Å². The van der Waals surface area contributed by atoms with Crippen molar-refractivity contribution in [3.63, 3.8) is 0 Å². The minimum Gasteiger partial charge on any atom is -0.389 e. The number of amides is 1. The quantitative estimate of drug-likeness (QED) is 0.741. The fourth-order valence-corrected chi connectivity index (χ4v) is 2.42. The van der Waals surface area contributed by atoms with E-state index in [9.17, 15) is 9.90 Å². The van der Waals surface area contributed by atoms with Crippen LogP contribution in [0.5, 0.6) is 0 Å². The van der Waals surface area contributed by atoms with E-state index in [1.807, 2.05) is 0 Å². The molecule has 0 aliphatic heterocycles. The zero-order valence-electron chi connectivity index (χ0n) is 12.9. The molecule has 1 aromatic heterocycles. The van der Waals surface area contributed by atoms with Gasteiger partial charge >= 0.3 is 0 Å². The van der Waals surface area contributed by atoms with E-state index >= 15 is 0 Å². The predicted octanol–water partition coefficient (Wildman–Crippen LogP) is 4.30. The van der Waals surface area contributed by atoms with E-state index in [-0.39, 0.29) is 5.69 Å². The summed E-state index contributed by atoms with van der Waals surface area (Å²) in [6.45, 7) is 1.64. The number of nitrogens with zero attached hydrogens (tertiary/aromatic N) is 1. The van der Waals surface area contributed by atoms with Gasteiger partial charge in [0.1, 0.15) is 0 Å². The average Bonchev–Trinajstić information content (AvgIpc) is 3.06. The minimum absolute atomic E-state index is 0.153. The molecule has 0 saturated carbocycles. The maximum atomic E-state index is 12.4. The van der Waals surface area contributed by atoms with Crippen molar-refractivity contribution in [2.24, 2.45) is 0 Å². The molecular formula is C18H15ClN2O3. The van der Waals surface area contributed by atoms with Crippen molar-refractivity contribution < 1.29 is 14.4 Å². The number of carbonyl (C=O) groups is 1. The van der Waals surface area contributed by atoms with Crippen LogP contribution < -0.4 is 5.32 Å². The van der Waals surface area contributed by atoms with Gasteiger partial charge in [-0.25, -0.2) is 0 Å². The van der Waals surface area contributed by atoms with Crippen molar-refractivity contribution in [3.8, 4) is 11.3 Å². The number of para-hydroxylation sites is 1. The smallest absolute Gasteiger partial charge is 0.277 e. The molecule has 0 bridgehead atoms. The van der Waals surface area contributed by atoms with Gasteiger partial charge in [-0.1, -0.05) is 35.0 Å². The summed E-state index contributed by atoms with van der Waals surface area (Å²) in [5, 5.41) is 16.9. The Bertz CT molecular complexity index is 857. The first-order valence-electron chi connectivity index (χ1n) is 7.35. The molecule has 1 unspecified atom stereocenters. The molecule has 1 amide bonds. The molecule has 3 aromatic rings.